The van der Waals surface area contributed by atoms with Gasteiger partial charge < -0.3 is 14.8 Å². The highest BCUT2D eigenvalue weighted by atomic mass is 16.7. The first-order chi connectivity index (χ1) is 9.97. The van der Waals surface area contributed by atoms with Gasteiger partial charge in [-0.25, -0.2) is 0 Å². The smallest absolute Gasteiger partial charge is 0.231 e. The Morgan fingerprint density at radius 2 is 2.05 bits per heavy atom. The van der Waals surface area contributed by atoms with E-state index in [9.17, 15) is 4.79 Å². The highest BCUT2D eigenvalue weighted by molar-refractivity contribution is 5.93. The largest absolute Gasteiger partial charge is 0.454 e. The van der Waals surface area contributed by atoms with Gasteiger partial charge in [-0.2, -0.15) is 0 Å². The molecule has 1 N–H and O–H groups in total. The fraction of sp³-hybridized carbons (Fsp3) is 0.588. The van der Waals surface area contributed by atoms with Gasteiger partial charge in [-0.15, -0.1) is 0 Å². The number of ether oxygens (including phenoxy) is 2. The van der Waals surface area contributed by atoms with E-state index in [4.69, 9.17) is 9.47 Å². The minimum atomic E-state index is 0.0525. The molecule has 0 spiro atoms. The number of carbonyl (C=O) groups is 1. The molecule has 0 bridgehead atoms. The van der Waals surface area contributed by atoms with Crippen molar-refractivity contribution in [3.05, 3.63) is 18.2 Å². The summed E-state index contributed by atoms with van der Waals surface area (Å²) in [5, 5.41) is 3.05. The Bertz CT molecular complexity index is 553. The van der Waals surface area contributed by atoms with Crippen LogP contribution in [0.1, 0.15) is 40.0 Å². The SMILES string of the molecule is C[C@H]1CCCC(C)(C)C1C(=O)Nc1ccc2c(c1)OCO2. The Morgan fingerprint density at radius 3 is 2.81 bits per heavy atom. The maximum Gasteiger partial charge on any atom is 0.231 e. The lowest BCUT2D eigenvalue weighted by molar-refractivity contribution is -0.127. The topological polar surface area (TPSA) is 47.6 Å². The van der Waals surface area contributed by atoms with Gasteiger partial charge in [0.05, 0.1) is 0 Å². The highest BCUT2D eigenvalue weighted by Gasteiger charge is 2.41. The van der Waals surface area contributed by atoms with Crippen molar-refractivity contribution in [3.63, 3.8) is 0 Å². The summed E-state index contributed by atoms with van der Waals surface area (Å²) in [6.45, 7) is 6.84. The zero-order chi connectivity index (χ0) is 15.0. The van der Waals surface area contributed by atoms with E-state index in [-0.39, 0.29) is 24.0 Å². The average Bonchev–Trinajstić information content (AvgIpc) is 2.84. The molecule has 0 saturated heterocycles. The van der Waals surface area contributed by atoms with Crippen LogP contribution in [0.15, 0.2) is 18.2 Å². The van der Waals surface area contributed by atoms with Crippen LogP contribution in [-0.2, 0) is 4.79 Å². The Hall–Kier alpha value is -1.71. The fourth-order valence-corrected chi connectivity index (χ4v) is 3.78. The second-order valence-corrected chi connectivity index (χ2v) is 6.89. The molecule has 0 aromatic heterocycles. The van der Waals surface area contributed by atoms with Gasteiger partial charge in [-0.3, -0.25) is 4.79 Å². The summed E-state index contributed by atoms with van der Waals surface area (Å²) in [7, 11) is 0. The first-order valence-corrected chi connectivity index (χ1v) is 7.68. The number of fused-ring (bicyclic) bond motifs is 1. The van der Waals surface area contributed by atoms with Crippen LogP contribution in [0, 0.1) is 17.3 Å². The van der Waals surface area contributed by atoms with Crippen LogP contribution in [-0.4, -0.2) is 12.7 Å². The number of benzene rings is 1. The van der Waals surface area contributed by atoms with Crippen LogP contribution >= 0.6 is 0 Å². The minimum absolute atomic E-state index is 0.0525. The van der Waals surface area contributed by atoms with Crippen LogP contribution in [0.5, 0.6) is 11.5 Å². The van der Waals surface area contributed by atoms with Gasteiger partial charge in [0.2, 0.25) is 12.7 Å². The Balaban J connectivity index is 1.76. The molecule has 1 amide bonds. The maximum atomic E-state index is 12.7. The Labute approximate surface area is 125 Å². The summed E-state index contributed by atoms with van der Waals surface area (Å²) in [4.78, 5) is 12.7. The minimum Gasteiger partial charge on any atom is -0.454 e. The molecule has 3 rings (SSSR count). The van der Waals surface area contributed by atoms with Crippen molar-refractivity contribution in [2.75, 3.05) is 12.1 Å². The average molecular weight is 289 g/mol. The summed E-state index contributed by atoms with van der Waals surface area (Å²) in [6.07, 6.45) is 3.45. The van der Waals surface area contributed by atoms with Crippen molar-refractivity contribution in [1.82, 2.24) is 0 Å². The molecule has 21 heavy (non-hydrogen) atoms. The third-order valence-electron chi connectivity index (χ3n) is 4.81. The van der Waals surface area contributed by atoms with E-state index in [1.54, 1.807) is 0 Å². The molecule has 114 valence electrons. The summed E-state index contributed by atoms with van der Waals surface area (Å²) in [6, 6.07) is 5.54. The fourth-order valence-electron chi connectivity index (χ4n) is 3.78. The first-order valence-electron chi connectivity index (χ1n) is 7.68. The summed E-state index contributed by atoms with van der Waals surface area (Å²) in [5.74, 6) is 2.02. The quantitative estimate of drug-likeness (QED) is 0.900. The van der Waals surface area contributed by atoms with Gasteiger partial charge in [-0.1, -0.05) is 27.2 Å². The molecule has 1 saturated carbocycles. The lowest BCUT2D eigenvalue weighted by atomic mass is 9.64. The normalized spacial score (nSPS) is 26.4. The van der Waals surface area contributed by atoms with E-state index in [1.165, 1.54) is 6.42 Å². The van der Waals surface area contributed by atoms with E-state index in [1.807, 2.05) is 18.2 Å². The first kappa shape index (κ1) is 14.2. The van der Waals surface area contributed by atoms with Crippen molar-refractivity contribution in [3.8, 4) is 11.5 Å². The van der Waals surface area contributed by atoms with Crippen LogP contribution in [0.4, 0.5) is 5.69 Å². The van der Waals surface area contributed by atoms with Gasteiger partial charge in [0.1, 0.15) is 0 Å². The number of anilines is 1. The third kappa shape index (κ3) is 2.71. The number of rotatable bonds is 2. The van der Waals surface area contributed by atoms with Crippen LogP contribution in [0.3, 0.4) is 0 Å². The van der Waals surface area contributed by atoms with E-state index in [0.29, 0.717) is 11.7 Å². The lowest BCUT2D eigenvalue weighted by Crippen LogP contribution is -2.42. The second kappa shape index (κ2) is 5.24. The van der Waals surface area contributed by atoms with Crippen molar-refractivity contribution in [2.45, 2.75) is 40.0 Å². The molecule has 1 fully saturated rings. The summed E-state index contributed by atoms with van der Waals surface area (Å²) in [5.41, 5.74) is 0.829. The molecule has 1 aromatic carbocycles. The molecule has 1 unspecified atom stereocenters. The molecule has 1 heterocycles. The third-order valence-corrected chi connectivity index (χ3v) is 4.81. The van der Waals surface area contributed by atoms with Gasteiger partial charge in [0.15, 0.2) is 11.5 Å². The molecule has 4 heteroatoms. The van der Waals surface area contributed by atoms with E-state index < -0.39 is 0 Å². The molecule has 1 aliphatic carbocycles. The Morgan fingerprint density at radius 1 is 1.29 bits per heavy atom. The predicted molar refractivity (Wildman–Crippen MR) is 81.5 cm³/mol. The van der Waals surface area contributed by atoms with E-state index >= 15 is 0 Å². The second-order valence-electron chi connectivity index (χ2n) is 6.89. The molecule has 4 nitrogen and oxygen atoms in total. The number of carbonyl (C=O) groups excluding carboxylic acids is 1. The summed E-state index contributed by atoms with van der Waals surface area (Å²) >= 11 is 0. The number of amides is 1. The molecular formula is C17H23NO3. The standard InChI is InChI=1S/C17H23NO3/c1-11-5-4-8-17(2,3)15(11)16(19)18-12-6-7-13-14(9-12)21-10-20-13/h6-7,9,11,15H,4-5,8,10H2,1-3H3,(H,18,19)/t11-,15?/m0/s1. The molecule has 2 atom stereocenters. The number of nitrogens with one attached hydrogen (secondary N) is 1. The van der Waals surface area contributed by atoms with Crippen LogP contribution < -0.4 is 14.8 Å². The monoisotopic (exact) mass is 289 g/mol. The lowest BCUT2D eigenvalue weighted by Gasteiger charge is -2.41. The van der Waals surface area contributed by atoms with Gasteiger partial charge >= 0.3 is 0 Å². The Kier molecular flexibility index (Phi) is 3.56. The highest BCUT2D eigenvalue weighted by Crippen LogP contribution is 2.44. The number of hydrogen-bond acceptors (Lipinski definition) is 3. The van der Waals surface area contributed by atoms with Gasteiger partial charge in [0.25, 0.3) is 0 Å². The van der Waals surface area contributed by atoms with Crippen molar-refractivity contribution < 1.29 is 14.3 Å². The summed E-state index contributed by atoms with van der Waals surface area (Å²) < 4.78 is 10.6. The molecule has 1 aliphatic heterocycles. The van der Waals surface area contributed by atoms with Crippen molar-refractivity contribution in [1.29, 1.82) is 0 Å². The van der Waals surface area contributed by atoms with Crippen LogP contribution in [0.2, 0.25) is 0 Å². The zero-order valence-corrected chi connectivity index (χ0v) is 12.9. The molecule has 1 aromatic rings. The van der Waals surface area contributed by atoms with Crippen molar-refractivity contribution >= 4 is 11.6 Å². The maximum absolute atomic E-state index is 12.7. The zero-order valence-electron chi connectivity index (χ0n) is 12.9. The number of hydrogen-bond donors (Lipinski definition) is 1. The predicted octanol–water partition coefficient (Wildman–Crippen LogP) is 3.82. The van der Waals surface area contributed by atoms with Gasteiger partial charge in [-0.05, 0) is 36.3 Å². The van der Waals surface area contributed by atoms with Crippen molar-refractivity contribution in [2.24, 2.45) is 17.3 Å². The van der Waals surface area contributed by atoms with Crippen LogP contribution in [0.25, 0.3) is 0 Å². The van der Waals surface area contributed by atoms with E-state index in [2.05, 4.69) is 26.1 Å². The van der Waals surface area contributed by atoms with E-state index in [0.717, 1.165) is 24.3 Å². The molecular weight excluding hydrogens is 266 g/mol. The van der Waals surface area contributed by atoms with Gasteiger partial charge in [0, 0.05) is 17.7 Å². The molecule has 2 aliphatic rings. The molecule has 0 radical (unpaired) electrons.